The predicted octanol–water partition coefficient (Wildman–Crippen LogP) is 2.96. The molecule has 1 aliphatic rings. The van der Waals surface area contributed by atoms with E-state index in [0.717, 1.165) is 12.7 Å². The van der Waals surface area contributed by atoms with Gasteiger partial charge in [0, 0.05) is 5.41 Å². The highest BCUT2D eigenvalue weighted by Gasteiger charge is 2.30. The first-order valence-corrected chi connectivity index (χ1v) is 4.86. The Morgan fingerprint density at radius 2 is 2.42 bits per heavy atom. The molecule has 1 rings (SSSR count). The lowest BCUT2D eigenvalue weighted by molar-refractivity contribution is -0.117. The van der Waals surface area contributed by atoms with E-state index in [1.807, 2.05) is 0 Å². The molecule has 2 unspecified atom stereocenters. The minimum Gasteiger partial charge on any atom is -0.303 e. The van der Waals surface area contributed by atoms with Crippen LogP contribution >= 0.6 is 0 Å². The van der Waals surface area contributed by atoms with E-state index in [-0.39, 0.29) is 5.41 Å². The van der Waals surface area contributed by atoms with Crippen molar-refractivity contribution >= 4 is 6.29 Å². The van der Waals surface area contributed by atoms with E-state index in [1.165, 1.54) is 19.3 Å². The minimum atomic E-state index is -0.114. The standard InChI is InChI=1S/C11H18O/c1-3-11(2,9-12)10-7-5-4-6-8-10/h5,7,9-10H,3-4,6,8H2,1-2H3. The van der Waals surface area contributed by atoms with Crippen molar-refractivity contribution in [2.45, 2.75) is 39.5 Å². The second-order valence-electron chi connectivity index (χ2n) is 3.94. The van der Waals surface area contributed by atoms with Crippen LogP contribution in [0.1, 0.15) is 39.5 Å². The average molecular weight is 166 g/mol. The van der Waals surface area contributed by atoms with Crippen LogP contribution in [0.2, 0.25) is 0 Å². The van der Waals surface area contributed by atoms with Gasteiger partial charge in [-0.3, -0.25) is 0 Å². The fourth-order valence-electron chi connectivity index (χ4n) is 1.79. The van der Waals surface area contributed by atoms with Gasteiger partial charge in [-0.05, 0) is 31.6 Å². The lowest BCUT2D eigenvalue weighted by Gasteiger charge is -2.31. The molecule has 1 nitrogen and oxygen atoms in total. The Balaban J connectivity index is 2.70. The van der Waals surface area contributed by atoms with E-state index in [9.17, 15) is 4.79 Å². The fraction of sp³-hybridized carbons (Fsp3) is 0.727. The molecule has 0 aromatic carbocycles. The van der Waals surface area contributed by atoms with E-state index in [4.69, 9.17) is 0 Å². The first-order chi connectivity index (χ1) is 5.73. The van der Waals surface area contributed by atoms with Gasteiger partial charge in [0.25, 0.3) is 0 Å². The van der Waals surface area contributed by atoms with Crippen LogP contribution in [-0.4, -0.2) is 6.29 Å². The van der Waals surface area contributed by atoms with Gasteiger partial charge in [0.1, 0.15) is 6.29 Å². The first-order valence-electron chi connectivity index (χ1n) is 4.86. The van der Waals surface area contributed by atoms with Gasteiger partial charge in [-0.25, -0.2) is 0 Å². The lowest BCUT2D eigenvalue weighted by Crippen LogP contribution is -2.28. The van der Waals surface area contributed by atoms with Gasteiger partial charge in [0.2, 0.25) is 0 Å². The molecule has 0 fully saturated rings. The van der Waals surface area contributed by atoms with Crippen molar-refractivity contribution in [1.82, 2.24) is 0 Å². The monoisotopic (exact) mass is 166 g/mol. The fourth-order valence-corrected chi connectivity index (χ4v) is 1.79. The van der Waals surface area contributed by atoms with Crippen LogP contribution < -0.4 is 0 Å². The number of hydrogen-bond donors (Lipinski definition) is 0. The molecule has 0 saturated heterocycles. The summed E-state index contributed by atoms with van der Waals surface area (Å²) in [5.74, 6) is 0.480. The molecule has 0 radical (unpaired) electrons. The quantitative estimate of drug-likeness (QED) is 0.465. The van der Waals surface area contributed by atoms with Gasteiger partial charge < -0.3 is 4.79 Å². The van der Waals surface area contributed by atoms with Crippen LogP contribution in [0.25, 0.3) is 0 Å². The molecule has 0 amide bonds. The molecule has 0 spiro atoms. The Kier molecular flexibility index (Phi) is 3.07. The SMILES string of the molecule is CCC(C)(C=O)C1C=CCCC1. The van der Waals surface area contributed by atoms with Crippen molar-refractivity contribution in [3.8, 4) is 0 Å². The maximum Gasteiger partial charge on any atom is 0.126 e. The number of hydrogen-bond acceptors (Lipinski definition) is 1. The van der Waals surface area contributed by atoms with Crippen molar-refractivity contribution in [3.63, 3.8) is 0 Å². The van der Waals surface area contributed by atoms with E-state index in [0.29, 0.717) is 5.92 Å². The van der Waals surface area contributed by atoms with Gasteiger partial charge in [-0.2, -0.15) is 0 Å². The molecule has 0 aromatic rings. The molecule has 1 heteroatoms. The summed E-state index contributed by atoms with van der Waals surface area (Å²) in [6.07, 6.45) is 10.1. The molecule has 1 aliphatic carbocycles. The number of carbonyl (C=O) groups excluding carboxylic acids is 1. The number of carbonyl (C=O) groups is 1. The third kappa shape index (κ3) is 1.77. The Morgan fingerprint density at radius 3 is 2.83 bits per heavy atom. The maximum atomic E-state index is 10.9. The topological polar surface area (TPSA) is 17.1 Å². The number of rotatable bonds is 3. The van der Waals surface area contributed by atoms with Gasteiger partial charge in [0.05, 0.1) is 0 Å². The van der Waals surface area contributed by atoms with Gasteiger partial charge in [0.15, 0.2) is 0 Å². The van der Waals surface area contributed by atoms with Crippen molar-refractivity contribution in [3.05, 3.63) is 12.2 Å². The molecular weight excluding hydrogens is 148 g/mol. The van der Waals surface area contributed by atoms with Crippen LogP contribution in [0.4, 0.5) is 0 Å². The third-order valence-electron chi connectivity index (χ3n) is 3.13. The molecule has 0 bridgehead atoms. The second kappa shape index (κ2) is 3.88. The highest BCUT2D eigenvalue weighted by molar-refractivity contribution is 5.59. The largest absolute Gasteiger partial charge is 0.303 e. The highest BCUT2D eigenvalue weighted by Crippen LogP contribution is 2.35. The third-order valence-corrected chi connectivity index (χ3v) is 3.13. The maximum absolute atomic E-state index is 10.9. The molecule has 2 atom stereocenters. The summed E-state index contributed by atoms with van der Waals surface area (Å²) >= 11 is 0. The Hall–Kier alpha value is -0.590. The van der Waals surface area contributed by atoms with Crippen LogP contribution in [0.3, 0.4) is 0 Å². The van der Waals surface area contributed by atoms with Gasteiger partial charge in [-0.1, -0.05) is 26.0 Å². The Morgan fingerprint density at radius 1 is 1.67 bits per heavy atom. The zero-order valence-electron chi connectivity index (χ0n) is 8.05. The van der Waals surface area contributed by atoms with Crippen LogP contribution in [0.5, 0.6) is 0 Å². The van der Waals surface area contributed by atoms with Crippen molar-refractivity contribution < 1.29 is 4.79 Å². The van der Waals surface area contributed by atoms with Crippen molar-refractivity contribution in [2.24, 2.45) is 11.3 Å². The zero-order chi connectivity index (χ0) is 9.03. The summed E-state index contributed by atoms with van der Waals surface area (Å²) in [6, 6.07) is 0. The Labute approximate surface area is 74.9 Å². The normalized spacial score (nSPS) is 28.0. The molecule has 0 aliphatic heterocycles. The van der Waals surface area contributed by atoms with E-state index < -0.39 is 0 Å². The summed E-state index contributed by atoms with van der Waals surface area (Å²) in [5, 5.41) is 0. The van der Waals surface area contributed by atoms with Crippen LogP contribution in [-0.2, 0) is 4.79 Å². The van der Waals surface area contributed by atoms with Crippen LogP contribution in [0.15, 0.2) is 12.2 Å². The predicted molar refractivity (Wildman–Crippen MR) is 50.9 cm³/mol. The first kappa shape index (κ1) is 9.50. The van der Waals surface area contributed by atoms with E-state index in [1.54, 1.807) is 0 Å². The van der Waals surface area contributed by atoms with Crippen LogP contribution in [0, 0.1) is 11.3 Å². The molecule has 0 aromatic heterocycles. The molecule has 12 heavy (non-hydrogen) atoms. The molecule has 0 N–H and O–H groups in total. The summed E-state index contributed by atoms with van der Waals surface area (Å²) in [5.41, 5.74) is -0.114. The van der Waals surface area contributed by atoms with Gasteiger partial charge in [-0.15, -0.1) is 0 Å². The van der Waals surface area contributed by atoms with Crippen molar-refractivity contribution in [1.29, 1.82) is 0 Å². The zero-order valence-corrected chi connectivity index (χ0v) is 8.05. The van der Waals surface area contributed by atoms with E-state index in [2.05, 4.69) is 26.0 Å². The average Bonchev–Trinajstić information content (AvgIpc) is 2.18. The molecular formula is C11H18O. The molecule has 0 saturated carbocycles. The Bertz CT molecular complexity index is 183. The second-order valence-corrected chi connectivity index (χ2v) is 3.94. The summed E-state index contributed by atoms with van der Waals surface area (Å²) in [4.78, 5) is 10.9. The highest BCUT2D eigenvalue weighted by atomic mass is 16.1. The number of aldehydes is 1. The smallest absolute Gasteiger partial charge is 0.126 e. The summed E-state index contributed by atoms with van der Waals surface area (Å²) in [6.45, 7) is 4.16. The summed E-state index contributed by atoms with van der Waals surface area (Å²) in [7, 11) is 0. The lowest BCUT2D eigenvalue weighted by atomic mass is 9.72. The minimum absolute atomic E-state index is 0.114. The van der Waals surface area contributed by atoms with Gasteiger partial charge >= 0.3 is 0 Å². The summed E-state index contributed by atoms with van der Waals surface area (Å²) < 4.78 is 0. The molecule has 0 heterocycles. The van der Waals surface area contributed by atoms with E-state index >= 15 is 0 Å². The number of allylic oxidation sites excluding steroid dienone is 2. The van der Waals surface area contributed by atoms with Crippen molar-refractivity contribution in [2.75, 3.05) is 0 Å². The molecule has 68 valence electrons.